The second-order valence-electron chi connectivity index (χ2n) is 2.93. The van der Waals surface area contributed by atoms with Gasteiger partial charge >= 0.3 is 0 Å². The van der Waals surface area contributed by atoms with Crippen molar-refractivity contribution in [3.63, 3.8) is 0 Å². The number of thiocarbonyl (C=S) groups is 1. The van der Waals surface area contributed by atoms with Crippen molar-refractivity contribution >= 4 is 35.4 Å². The van der Waals surface area contributed by atoms with Crippen molar-refractivity contribution in [1.29, 1.82) is 0 Å². The first-order chi connectivity index (χ1) is 7.97. The van der Waals surface area contributed by atoms with E-state index >= 15 is 0 Å². The molecular formula is C8H10N6O2S. The molecule has 5 N–H and O–H groups in total. The van der Waals surface area contributed by atoms with E-state index in [0.29, 0.717) is 0 Å². The first-order valence-corrected chi connectivity index (χ1v) is 4.85. The molecule has 90 valence electrons. The monoisotopic (exact) mass is 254 g/mol. The largest absolute Gasteiger partial charge is 0.375 e. The molecule has 17 heavy (non-hydrogen) atoms. The summed E-state index contributed by atoms with van der Waals surface area (Å²) in [6, 6.07) is 1.20. The lowest BCUT2D eigenvalue weighted by molar-refractivity contribution is -0.114. The lowest BCUT2D eigenvalue weighted by Crippen LogP contribution is -2.24. The van der Waals surface area contributed by atoms with Crippen LogP contribution in [0.5, 0.6) is 0 Å². The van der Waals surface area contributed by atoms with Gasteiger partial charge in [-0.1, -0.05) is 0 Å². The Kier molecular flexibility index (Phi) is 4.29. The highest BCUT2D eigenvalue weighted by molar-refractivity contribution is 7.80. The molecule has 0 saturated carbocycles. The number of aromatic amines is 1. The Morgan fingerprint density at radius 3 is 3.00 bits per heavy atom. The van der Waals surface area contributed by atoms with Crippen LogP contribution in [0.15, 0.2) is 16.0 Å². The van der Waals surface area contributed by atoms with Crippen LogP contribution in [0, 0.1) is 0 Å². The Bertz CT molecular complexity index is 523. The first-order valence-electron chi connectivity index (χ1n) is 4.45. The van der Waals surface area contributed by atoms with Crippen molar-refractivity contribution in [2.75, 3.05) is 5.32 Å². The van der Waals surface area contributed by atoms with Crippen molar-refractivity contribution in [3.05, 3.63) is 22.1 Å². The highest BCUT2D eigenvalue weighted by atomic mass is 32.1. The van der Waals surface area contributed by atoms with Gasteiger partial charge in [-0.3, -0.25) is 25.3 Å². The molecule has 1 amide bonds. The number of H-pyrrole nitrogens is 1. The van der Waals surface area contributed by atoms with E-state index in [1.54, 1.807) is 0 Å². The van der Waals surface area contributed by atoms with Gasteiger partial charge in [0, 0.05) is 13.0 Å². The minimum atomic E-state index is -0.416. The summed E-state index contributed by atoms with van der Waals surface area (Å²) in [6.45, 7) is 1.30. The topological polar surface area (TPSA) is 125 Å². The molecule has 9 heteroatoms. The maximum Gasteiger partial charge on any atom is 0.252 e. The van der Waals surface area contributed by atoms with E-state index in [0.717, 1.165) is 0 Å². The van der Waals surface area contributed by atoms with Crippen molar-refractivity contribution in [1.82, 2.24) is 15.4 Å². The maximum atomic E-state index is 11.2. The molecule has 0 fully saturated rings. The Hall–Kier alpha value is -2.29. The van der Waals surface area contributed by atoms with Crippen molar-refractivity contribution in [3.8, 4) is 0 Å². The van der Waals surface area contributed by atoms with E-state index in [1.807, 2.05) is 0 Å². The number of carbonyl (C=O) groups is 1. The third-order valence-electron chi connectivity index (χ3n) is 1.43. The van der Waals surface area contributed by atoms with Crippen LogP contribution in [0.3, 0.4) is 0 Å². The Morgan fingerprint density at radius 1 is 1.71 bits per heavy atom. The fraction of sp³-hybridized carbons (Fsp3) is 0.125. The molecule has 0 aliphatic heterocycles. The van der Waals surface area contributed by atoms with E-state index in [1.165, 1.54) is 19.2 Å². The van der Waals surface area contributed by atoms with E-state index in [4.69, 9.17) is 5.73 Å². The van der Waals surface area contributed by atoms with E-state index in [-0.39, 0.29) is 22.7 Å². The Labute approximate surface area is 101 Å². The van der Waals surface area contributed by atoms with Crippen molar-refractivity contribution < 1.29 is 4.79 Å². The van der Waals surface area contributed by atoms with Gasteiger partial charge < -0.3 is 5.73 Å². The molecule has 0 spiro atoms. The van der Waals surface area contributed by atoms with Crippen LogP contribution in [-0.2, 0) is 4.79 Å². The first kappa shape index (κ1) is 12.8. The third kappa shape index (κ3) is 4.84. The number of anilines is 1. The molecule has 1 aromatic rings. The number of carbonyl (C=O) groups excluding carboxylic acids is 1. The molecule has 0 aliphatic carbocycles. The number of hydrazone groups is 1. The summed E-state index contributed by atoms with van der Waals surface area (Å²) in [5.41, 5.74) is 7.29. The lowest BCUT2D eigenvalue weighted by atomic mass is 10.4. The second kappa shape index (κ2) is 5.70. The number of hydrogen-bond acceptors (Lipinski definition) is 5. The predicted octanol–water partition coefficient (Wildman–Crippen LogP) is -1.10. The van der Waals surface area contributed by atoms with Gasteiger partial charge in [0.1, 0.15) is 0 Å². The number of nitrogens with two attached hydrogens (primary N) is 1. The van der Waals surface area contributed by atoms with Crippen LogP contribution in [-0.4, -0.2) is 27.2 Å². The van der Waals surface area contributed by atoms with Crippen LogP contribution >= 0.6 is 12.2 Å². The Morgan fingerprint density at radius 2 is 2.41 bits per heavy atom. The molecule has 0 aromatic carbocycles. The number of aromatic nitrogens is 2. The molecular weight excluding hydrogens is 244 g/mol. The average Bonchev–Trinajstić information content (AvgIpc) is 2.14. The third-order valence-corrected chi connectivity index (χ3v) is 1.52. The SMILES string of the molecule is CC(=O)Nc1nc(/C=N/NC(N)=S)cc(=O)[nH]1. The zero-order chi connectivity index (χ0) is 12.8. The smallest absolute Gasteiger partial charge is 0.252 e. The van der Waals surface area contributed by atoms with Crippen LogP contribution in [0.2, 0.25) is 0 Å². The van der Waals surface area contributed by atoms with Gasteiger partial charge in [-0.05, 0) is 12.2 Å². The molecule has 0 atom stereocenters. The second-order valence-corrected chi connectivity index (χ2v) is 3.37. The zero-order valence-electron chi connectivity index (χ0n) is 8.85. The Balaban J connectivity index is 2.89. The minimum absolute atomic E-state index is 0.00632. The summed E-state index contributed by atoms with van der Waals surface area (Å²) in [5.74, 6) is -0.301. The average molecular weight is 254 g/mol. The molecule has 1 rings (SSSR count). The highest BCUT2D eigenvalue weighted by Gasteiger charge is 2.00. The number of nitrogens with one attached hydrogen (secondary N) is 3. The fourth-order valence-electron chi connectivity index (χ4n) is 0.931. The van der Waals surface area contributed by atoms with Crippen molar-refractivity contribution in [2.45, 2.75) is 6.92 Å². The number of nitrogens with zero attached hydrogens (tertiary/aromatic N) is 2. The molecule has 0 aliphatic rings. The van der Waals surface area contributed by atoms with Crippen LogP contribution in [0.25, 0.3) is 0 Å². The molecule has 1 aromatic heterocycles. The fourth-order valence-corrected chi connectivity index (χ4v) is 0.983. The summed E-state index contributed by atoms with van der Waals surface area (Å²) in [6.07, 6.45) is 1.25. The van der Waals surface area contributed by atoms with Gasteiger partial charge in [-0.2, -0.15) is 5.10 Å². The normalized spacial score (nSPS) is 10.2. The molecule has 0 radical (unpaired) electrons. The minimum Gasteiger partial charge on any atom is -0.375 e. The van der Waals surface area contributed by atoms with Gasteiger partial charge in [-0.25, -0.2) is 4.98 Å². The van der Waals surface area contributed by atoms with Crippen LogP contribution in [0.4, 0.5) is 5.95 Å². The summed E-state index contributed by atoms with van der Waals surface area (Å²) < 4.78 is 0. The van der Waals surface area contributed by atoms with E-state index in [9.17, 15) is 9.59 Å². The summed E-state index contributed by atoms with van der Waals surface area (Å²) in [4.78, 5) is 28.3. The van der Waals surface area contributed by atoms with Gasteiger partial charge in [0.15, 0.2) is 5.11 Å². The van der Waals surface area contributed by atoms with E-state index in [2.05, 4.69) is 38.0 Å². The number of amides is 1. The van der Waals surface area contributed by atoms with Crippen LogP contribution in [0.1, 0.15) is 12.6 Å². The highest BCUT2D eigenvalue weighted by Crippen LogP contribution is 1.94. The van der Waals surface area contributed by atoms with Gasteiger partial charge in [0.25, 0.3) is 5.56 Å². The van der Waals surface area contributed by atoms with Gasteiger partial charge in [0.2, 0.25) is 11.9 Å². The maximum absolute atomic E-state index is 11.2. The van der Waals surface area contributed by atoms with E-state index < -0.39 is 5.56 Å². The van der Waals surface area contributed by atoms with Gasteiger partial charge in [-0.15, -0.1) is 0 Å². The summed E-state index contributed by atoms with van der Waals surface area (Å²) in [5, 5.41) is 5.97. The van der Waals surface area contributed by atoms with Crippen LogP contribution < -0.4 is 22.0 Å². The summed E-state index contributed by atoms with van der Waals surface area (Å²) in [7, 11) is 0. The molecule has 0 bridgehead atoms. The predicted molar refractivity (Wildman–Crippen MR) is 66.7 cm³/mol. The zero-order valence-corrected chi connectivity index (χ0v) is 9.67. The molecule has 1 heterocycles. The number of rotatable bonds is 3. The molecule has 0 unspecified atom stereocenters. The molecule has 0 saturated heterocycles. The van der Waals surface area contributed by atoms with Crippen molar-refractivity contribution in [2.24, 2.45) is 10.8 Å². The lowest BCUT2D eigenvalue weighted by Gasteiger charge is -2.00. The summed E-state index contributed by atoms with van der Waals surface area (Å²) >= 11 is 4.53. The van der Waals surface area contributed by atoms with Gasteiger partial charge in [0.05, 0.1) is 11.9 Å². The number of hydrogen-bond donors (Lipinski definition) is 4. The standard InChI is InChI=1S/C8H10N6O2S/c1-4(15)11-8-12-5(2-6(16)13-8)3-10-14-7(9)17/h2-3H,1H3,(H3,9,14,17)(H2,11,12,13,15,16)/b10-3+. The molecule has 8 nitrogen and oxygen atoms in total. The quantitative estimate of drug-likeness (QED) is 0.308.